The van der Waals surface area contributed by atoms with E-state index in [0.717, 1.165) is 93.6 Å². The molecule has 20 rings (SSSR count). The van der Waals surface area contributed by atoms with E-state index in [9.17, 15) is 0 Å². The van der Waals surface area contributed by atoms with Crippen LogP contribution in [0.2, 0.25) is 0 Å². The van der Waals surface area contributed by atoms with Crippen LogP contribution in [0, 0.1) is 0 Å². The van der Waals surface area contributed by atoms with Gasteiger partial charge in [-0.25, -0.2) is 0 Å². The van der Waals surface area contributed by atoms with Gasteiger partial charge in [0.1, 0.15) is 22.3 Å². The quantitative estimate of drug-likeness (QED) is 0.156. The summed E-state index contributed by atoms with van der Waals surface area (Å²) in [6.07, 6.45) is 0. The zero-order chi connectivity index (χ0) is 65.8. The van der Waals surface area contributed by atoms with Gasteiger partial charge < -0.3 is 28.2 Å². The van der Waals surface area contributed by atoms with Crippen molar-refractivity contribution in [2.24, 2.45) is 0 Å². The first-order valence-electron chi connectivity index (χ1n) is 33.4. The first-order valence-corrected chi connectivity index (χ1v) is 34.2. The van der Waals surface area contributed by atoms with Crippen molar-refractivity contribution in [2.75, 3.05) is 10.2 Å². The van der Waals surface area contributed by atoms with Crippen molar-refractivity contribution >= 4 is 153 Å². The third-order valence-electron chi connectivity index (χ3n) is 19.1. The van der Waals surface area contributed by atoms with Gasteiger partial charge in [0.15, 0.2) is 0 Å². The number of furan rings is 2. The fraction of sp³-hybridized carbons (Fsp3) is 0.0213. The second kappa shape index (κ2) is 27.0. The minimum Gasteiger partial charge on any atom is -0.456 e. The van der Waals surface area contributed by atoms with Crippen molar-refractivity contribution in [3.63, 3.8) is 0 Å². The first-order chi connectivity index (χ1) is 49.0. The average Bonchev–Trinajstić information content (AvgIpc) is 1.61. The van der Waals surface area contributed by atoms with Crippen LogP contribution in [-0.4, -0.2) is 9.13 Å². The molecule has 0 fully saturated rings. The van der Waals surface area contributed by atoms with Gasteiger partial charge in [0.2, 0.25) is 0 Å². The van der Waals surface area contributed by atoms with Crippen LogP contribution in [0.1, 0.15) is 14.9 Å². The maximum absolute atomic E-state index is 6.10. The number of fused-ring (bicyclic) bond motifs is 14. The number of benzene rings is 16. The standard InChI is InChI=1S/C46H30N2O.C28H19NO.C18H12BrN.2CH4/c1-2-13-34(14-3-1)48-43-18-8-6-16-38(43)40-30-36(26-27-44(40)48)47(42-19-10-12-32-11-4-5-15-37(32)42)35-24-21-31(22-25-35)33-23-28-46-41(29-33)39-17-7-9-20-45(39)49-46;1-2-8-23-20(6-1)7-5-10-26(23)29-22-15-12-19(13-16-22)21-14-17-28-25(18-21)24-9-3-4-11-27(24)30-28;19-13-10-11-18-16(12-13)15-8-4-5-9-17(15)20(18)14-6-2-1-3-7-14;;/h1-30H;1-18,29H;1-12H;2*1H4. The normalized spacial score (nSPS) is 11.3. The molecule has 0 unspecified atom stereocenters. The Hall–Kier alpha value is -12.7. The van der Waals surface area contributed by atoms with Gasteiger partial charge in [-0.1, -0.05) is 249 Å². The molecule has 4 aromatic heterocycles. The van der Waals surface area contributed by atoms with Crippen molar-refractivity contribution in [3.8, 4) is 33.6 Å². The summed E-state index contributed by atoms with van der Waals surface area (Å²) in [5.41, 5.74) is 21.1. The largest absolute Gasteiger partial charge is 0.456 e. The number of hydrogen-bond donors (Lipinski definition) is 1. The van der Waals surface area contributed by atoms with Crippen molar-refractivity contribution in [3.05, 3.63) is 368 Å². The molecule has 0 saturated carbocycles. The van der Waals surface area contributed by atoms with E-state index in [1.807, 2.05) is 30.3 Å². The third-order valence-corrected chi connectivity index (χ3v) is 19.6. The highest BCUT2D eigenvalue weighted by Crippen LogP contribution is 2.44. The van der Waals surface area contributed by atoms with E-state index in [0.29, 0.717) is 0 Å². The van der Waals surface area contributed by atoms with Gasteiger partial charge >= 0.3 is 0 Å². The van der Waals surface area contributed by atoms with Gasteiger partial charge in [-0.05, 0) is 179 Å². The number of para-hydroxylation sites is 6. The molecule has 0 bridgehead atoms. The molecule has 16 aromatic carbocycles. The molecular formula is C94H69BrN4O2. The van der Waals surface area contributed by atoms with Crippen molar-refractivity contribution in [1.29, 1.82) is 0 Å². The van der Waals surface area contributed by atoms with Gasteiger partial charge in [0, 0.05) is 92.5 Å². The summed E-state index contributed by atoms with van der Waals surface area (Å²) in [6.45, 7) is 0. The number of anilines is 5. The summed E-state index contributed by atoms with van der Waals surface area (Å²) >= 11 is 3.57. The van der Waals surface area contributed by atoms with E-state index in [1.54, 1.807) is 0 Å². The minimum atomic E-state index is 0. The van der Waals surface area contributed by atoms with Crippen LogP contribution >= 0.6 is 15.9 Å². The Morgan fingerprint density at radius 1 is 0.267 bits per heavy atom. The van der Waals surface area contributed by atoms with Crippen LogP contribution in [0.15, 0.2) is 377 Å². The van der Waals surface area contributed by atoms with Crippen LogP contribution in [0.5, 0.6) is 0 Å². The molecule has 0 spiro atoms. The molecular weight excluding hydrogens is 1300 g/mol. The van der Waals surface area contributed by atoms with Crippen molar-refractivity contribution in [1.82, 2.24) is 9.13 Å². The molecule has 0 aliphatic carbocycles. The average molecular weight is 1370 g/mol. The van der Waals surface area contributed by atoms with Gasteiger partial charge in [-0.3, -0.25) is 0 Å². The summed E-state index contributed by atoms with van der Waals surface area (Å²) in [5.74, 6) is 0. The van der Waals surface area contributed by atoms with Crippen LogP contribution in [0.25, 0.3) is 143 Å². The molecule has 6 nitrogen and oxygen atoms in total. The van der Waals surface area contributed by atoms with E-state index in [-0.39, 0.29) is 14.9 Å². The Labute approximate surface area is 594 Å². The number of nitrogens with zero attached hydrogens (tertiary/aromatic N) is 3. The number of hydrogen-bond acceptors (Lipinski definition) is 4. The lowest BCUT2D eigenvalue weighted by Gasteiger charge is -2.27. The molecule has 0 aliphatic rings. The predicted octanol–water partition coefficient (Wildman–Crippen LogP) is 27.9. The second-order valence-electron chi connectivity index (χ2n) is 25.0. The van der Waals surface area contributed by atoms with E-state index >= 15 is 0 Å². The first kappa shape index (κ1) is 63.1. The van der Waals surface area contributed by atoms with Crippen molar-refractivity contribution < 1.29 is 8.83 Å². The topological polar surface area (TPSA) is 51.4 Å². The predicted molar refractivity (Wildman–Crippen MR) is 434 cm³/mol. The highest BCUT2D eigenvalue weighted by molar-refractivity contribution is 9.10. The van der Waals surface area contributed by atoms with Crippen LogP contribution in [0.3, 0.4) is 0 Å². The summed E-state index contributed by atoms with van der Waals surface area (Å²) in [6, 6.07) is 129. The third kappa shape index (κ3) is 11.7. The molecule has 101 heavy (non-hydrogen) atoms. The number of nitrogens with one attached hydrogen (secondary N) is 1. The molecule has 20 aromatic rings. The highest BCUT2D eigenvalue weighted by Gasteiger charge is 2.20. The lowest BCUT2D eigenvalue weighted by Crippen LogP contribution is -2.10. The zero-order valence-corrected chi connectivity index (χ0v) is 55.3. The smallest absolute Gasteiger partial charge is 0.135 e. The van der Waals surface area contributed by atoms with Gasteiger partial charge in [0.25, 0.3) is 0 Å². The van der Waals surface area contributed by atoms with Crippen LogP contribution in [-0.2, 0) is 0 Å². The Kier molecular flexibility index (Phi) is 16.8. The summed E-state index contributed by atoms with van der Waals surface area (Å²) in [7, 11) is 0. The lowest BCUT2D eigenvalue weighted by molar-refractivity contribution is 0.668. The van der Waals surface area contributed by atoms with Crippen LogP contribution < -0.4 is 10.2 Å². The molecule has 1 N–H and O–H groups in total. The molecule has 7 heteroatoms. The molecule has 0 amide bonds. The Morgan fingerprint density at radius 3 is 1.25 bits per heavy atom. The van der Waals surface area contributed by atoms with E-state index in [1.165, 1.54) is 82.0 Å². The molecule has 4 heterocycles. The van der Waals surface area contributed by atoms with E-state index < -0.39 is 0 Å². The lowest BCUT2D eigenvalue weighted by atomic mass is 10.0. The highest BCUT2D eigenvalue weighted by atomic mass is 79.9. The minimum absolute atomic E-state index is 0. The van der Waals surface area contributed by atoms with Gasteiger partial charge in [0.05, 0.1) is 27.8 Å². The second-order valence-corrected chi connectivity index (χ2v) is 25.9. The van der Waals surface area contributed by atoms with Crippen molar-refractivity contribution in [2.45, 2.75) is 14.9 Å². The SMILES string of the molecule is Brc1ccc2c(c1)c1ccccc1n2-c1ccccc1.C.C.c1ccc(-n2c3ccccc3c3cc(N(c4ccc(-c5ccc6oc7ccccc7c6c5)cc4)c4cccc5ccccc45)ccc32)cc1.c1ccc2c(Nc3ccc(-c4ccc5oc6ccccc6c5c4)cc3)cccc2c1. The molecule has 484 valence electrons. The van der Waals surface area contributed by atoms with Crippen LogP contribution in [0.4, 0.5) is 28.4 Å². The fourth-order valence-electron chi connectivity index (χ4n) is 14.4. The Balaban J connectivity index is 0.000000129. The van der Waals surface area contributed by atoms with Gasteiger partial charge in [-0.15, -0.1) is 0 Å². The van der Waals surface area contributed by atoms with Gasteiger partial charge in [-0.2, -0.15) is 0 Å². The van der Waals surface area contributed by atoms with E-state index in [2.05, 4.69) is 369 Å². The number of rotatable bonds is 9. The molecule has 0 aliphatic heterocycles. The molecule has 0 saturated heterocycles. The zero-order valence-electron chi connectivity index (χ0n) is 53.7. The Bertz CT molecular complexity index is 6400. The maximum Gasteiger partial charge on any atom is 0.135 e. The number of aromatic nitrogens is 2. The summed E-state index contributed by atoms with van der Waals surface area (Å²) in [4.78, 5) is 2.40. The molecule has 0 radical (unpaired) electrons. The summed E-state index contributed by atoms with van der Waals surface area (Å²) in [5, 5.41) is 18.0. The molecule has 0 atom stereocenters. The fourth-order valence-corrected chi connectivity index (χ4v) is 14.8. The monoisotopic (exact) mass is 1360 g/mol. The Morgan fingerprint density at radius 2 is 0.673 bits per heavy atom. The number of halogens is 1. The maximum atomic E-state index is 6.10. The summed E-state index contributed by atoms with van der Waals surface area (Å²) < 4.78 is 17.9. The van der Waals surface area contributed by atoms with E-state index in [4.69, 9.17) is 8.83 Å².